The smallest absolute Gasteiger partial charge is 0.224 e. The van der Waals surface area contributed by atoms with Crippen LogP contribution in [0.25, 0.3) is 10.9 Å². The van der Waals surface area contributed by atoms with Crippen molar-refractivity contribution in [2.24, 2.45) is 5.92 Å². The Bertz CT molecular complexity index is 1060. The predicted molar refractivity (Wildman–Crippen MR) is 116 cm³/mol. The minimum atomic E-state index is -0.508. The molecule has 1 saturated carbocycles. The molecule has 0 aliphatic heterocycles. The van der Waals surface area contributed by atoms with Crippen molar-refractivity contribution in [2.45, 2.75) is 37.5 Å². The lowest BCUT2D eigenvalue weighted by Gasteiger charge is -2.35. The summed E-state index contributed by atoms with van der Waals surface area (Å²) in [5, 5.41) is 14.7. The molecule has 1 heterocycles. The molecular formula is C24H22ClN3O. The zero-order valence-corrected chi connectivity index (χ0v) is 16.8. The number of carbonyl (C=O) groups is 1. The number of hydrogen-bond acceptors (Lipinski definition) is 3. The van der Waals surface area contributed by atoms with Gasteiger partial charge in [-0.15, -0.1) is 0 Å². The molecule has 0 saturated heterocycles. The molecule has 1 amide bonds. The number of pyridine rings is 1. The Morgan fingerprint density at radius 2 is 1.86 bits per heavy atom. The molecule has 0 bridgehead atoms. The molecule has 1 aliphatic carbocycles. The van der Waals surface area contributed by atoms with E-state index >= 15 is 0 Å². The summed E-state index contributed by atoms with van der Waals surface area (Å²) in [6.45, 7) is 0. The zero-order chi connectivity index (χ0) is 20.3. The average molecular weight is 404 g/mol. The van der Waals surface area contributed by atoms with Gasteiger partial charge in [0, 0.05) is 28.7 Å². The van der Waals surface area contributed by atoms with Crippen molar-refractivity contribution in [3.63, 3.8) is 0 Å². The summed E-state index contributed by atoms with van der Waals surface area (Å²) < 4.78 is 0. The minimum Gasteiger partial charge on any atom is -0.326 e. The molecule has 0 unspecified atom stereocenters. The van der Waals surface area contributed by atoms with Gasteiger partial charge in [0.2, 0.25) is 5.91 Å². The summed E-state index contributed by atoms with van der Waals surface area (Å²) in [7, 11) is 0. The summed E-state index contributed by atoms with van der Waals surface area (Å²) in [6, 6.07) is 19.7. The fraction of sp³-hybridized carbons (Fsp3) is 0.292. The summed E-state index contributed by atoms with van der Waals surface area (Å²) in [5.41, 5.74) is 2.23. The number of rotatable bonds is 4. The minimum absolute atomic E-state index is 0.0103. The Morgan fingerprint density at radius 1 is 1.14 bits per heavy atom. The van der Waals surface area contributed by atoms with Crippen LogP contribution >= 0.6 is 11.6 Å². The Balaban J connectivity index is 1.44. The van der Waals surface area contributed by atoms with Crippen LogP contribution in [-0.2, 0) is 10.2 Å². The maximum absolute atomic E-state index is 12.4. The first-order chi connectivity index (χ1) is 14.1. The van der Waals surface area contributed by atoms with Crippen LogP contribution in [0.3, 0.4) is 0 Å². The Labute approximate surface area is 175 Å². The van der Waals surface area contributed by atoms with Gasteiger partial charge >= 0.3 is 0 Å². The normalized spacial score (nSPS) is 21.4. The van der Waals surface area contributed by atoms with E-state index in [1.807, 2.05) is 30.3 Å². The van der Waals surface area contributed by atoms with E-state index in [1.54, 1.807) is 30.5 Å². The summed E-state index contributed by atoms with van der Waals surface area (Å²) >= 11 is 5.89. The van der Waals surface area contributed by atoms with Gasteiger partial charge in [0.1, 0.15) is 0 Å². The maximum atomic E-state index is 12.4. The van der Waals surface area contributed by atoms with Crippen molar-refractivity contribution < 1.29 is 4.79 Å². The molecule has 1 aliphatic rings. The maximum Gasteiger partial charge on any atom is 0.224 e. The fourth-order valence-corrected chi connectivity index (χ4v) is 4.46. The number of halogens is 1. The lowest BCUT2D eigenvalue weighted by Crippen LogP contribution is -2.32. The van der Waals surface area contributed by atoms with Gasteiger partial charge in [-0.05, 0) is 73.6 Å². The van der Waals surface area contributed by atoms with E-state index in [0.29, 0.717) is 11.4 Å². The van der Waals surface area contributed by atoms with Crippen LogP contribution < -0.4 is 5.32 Å². The predicted octanol–water partition coefficient (Wildman–Crippen LogP) is 5.87. The van der Waals surface area contributed by atoms with Crippen molar-refractivity contribution in [3.8, 4) is 6.07 Å². The molecule has 4 rings (SSSR count). The highest BCUT2D eigenvalue weighted by Gasteiger charge is 2.38. The molecule has 0 radical (unpaired) electrons. The molecule has 1 N–H and O–H groups in total. The van der Waals surface area contributed by atoms with Gasteiger partial charge in [-0.1, -0.05) is 29.8 Å². The third kappa shape index (κ3) is 4.11. The highest BCUT2D eigenvalue weighted by molar-refractivity contribution is 6.30. The number of anilines is 1. The second-order valence-corrected chi connectivity index (χ2v) is 8.21. The third-order valence-corrected chi connectivity index (χ3v) is 6.19. The van der Waals surface area contributed by atoms with Gasteiger partial charge in [-0.25, -0.2) is 0 Å². The SMILES string of the molecule is N#CC1(c2ccnc3ccccc23)CCC(CC(=O)Nc2ccc(Cl)cc2)CC1. The number of benzene rings is 2. The van der Waals surface area contributed by atoms with Crippen molar-refractivity contribution in [2.75, 3.05) is 5.32 Å². The van der Waals surface area contributed by atoms with Crippen LogP contribution in [0.15, 0.2) is 60.8 Å². The van der Waals surface area contributed by atoms with Crippen LogP contribution in [0, 0.1) is 17.2 Å². The highest BCUT2D eigenvalue weighted by atomic mass is 35.5. The van der Waals surface area contributed by atoms with Crippen molar-refractivity contribution in [1.29, 1.82) is 5.26 Å². The van der Waals surface area contributed by atoms with Crippen molar-refractivity contribution in [1.82, 2.24) is 4.98 Å². The van der Waals surface area contributed by atoms with Crippen LogP contribution in [0.5, 0.6) is 0 Å². The van der Waals surface area contributed by atoms with Crippen LogP contribution in [-0.4, -0.2) is 10.9 Å². The molecule has 5 heteroatoms. The van der Waals surface area contributed by atoms with Gasteiger partial charge < -0.3 is 5.32 Å². The third-order valence-electron chi connectivity index (χ3n) is 5.94. The molecule has 146 valence electrons. The fourth-order valence-electron chi connectivity index (χ4n) is 4.34. The Kier molecular flexibility index (Phi) is 5.51. The first kappa shape index (κ1) is 19.4. The van der Waals surface area contributed by atoms with E-state index in [9.17, 15) is 10.1 Å². The highest BCUT2D eigenvalue weighted by Crippen LogP contribution is 2.44. The Morgan fingerprint density at radius 3 is 2.59 bits per heavy atom. The average Bonchev–Trinajstić information content (AvgIpc) is 2.76. The van der Waals surface area contributed by atoms with E-state index in [1.165, 1.54) is 0 Å². The van der Waals surface area contributed by atoms with E-state index in [2.05, 4.69) is 16.4 Å². The quantitative estimate of drug-likeness (QED) is 0.592. The molecule has 2 aromatic carbocycles. The topological polar surface area (TPSA) is 65.8 Å². The van der Waals surface area contributed by atoms with Gasteiger partial charge in [0.25, 0.3) is 0 Å². The number of para-hydroxylation sites is 1. The molecule has 3 aromatic rings. The number of aromatic nitrogens is 1. The van der Waals surface area contributed by atoms with Gasteiger partial charge in [0.05, 0.1) is 17.0 Å². The van der Waals surface area contributed by atoms with E-state index < -0.39 is 5.41 Å². The van der Waals surface area contributed by atoms with Gasteiger partial charge in [0.15, 0.2) is 0 Å². The standard InChI is InChI=1S/C24H22ClN3O/c25-18-5-7-19(8-6-18)28-23(29)15-17-9-12-24(16-26,13-10-17)21-11-14-27-22-4-2-1-3-20(21)22/h1-8,11,14,17H,9-10,12-13,15H2,(H,28,29). The molecule has 0 atom stereocenters. The molecule has 4 nitrogen and oxygen atoms in total. The molecule has 1 aromatic heterocycles. The number of nitrogens with zero attached hydrogens (tertiary/aromatic N) is 2. The molecule has 1 fully saturated rings. The second kappa shape index (κ2) is 8.23. The number of hydrogen-bond donors (Lipinski definition) is 1. The largest absolute Gasteiger partial charge is 0.326 e. The van der Waals surface area contributed by atoms with Crippen LogP contribution in [0.4, 0.5) is 5.69 Å². The summed E-state index contributed by atoms with van der Waals surface area (Å²) in [4.78, 5) is 16.9. The number of nitriles is 1. The number of nitrogens with one attached hydrogen (secondary N) is 1. The lowest BCUT2D eigenvalue weighted by atomic mass is 9.66. The number of amides is 1. The number of fused-ring (bicyclic) bond motifs is 1. The summed E-state index contributed by atoms with van der Waals surface area (Å²) in [5.74, 6) is 0.299. The monoisotopic (exact) mass is 403 g/mol. The van der Waals surface area contributed by atoms with Gasteiger partial charge in [-0.2, -0.15) is 5.26 Å². The van der Waals surface area contributed by atoms with Crippen LogP contribution in [0.2, 0.25) is 5.02 Å². The number of carbonyl (C=O) groups excluding carboxylic acids is 1. The van der Waals surface area contributed by atoms with Crippen LogP contribution in [0.1, 0.15) is 37.7 Å². The second-order valence-electron chi connectivity index (χ2n) is 7.77. The zero-order valence-electron chi connectivity index (χ0n) is 16.1. The summed E-state index contributed by atoms with van der Waals surface area (Å²) in [6.07, 6.45) is 5.51. The molecule has 29 heavy (non-hydrogen) atoms. The molecule has 0 spiro atoms. The molecular weight excluding hydrogens is 382 g/mol. The first-order valence-corrected chi connectivity index (χ1v) is 10.3. The Hall–Kier alpha value is -2.90. The van der Waals surface area contributed by atoms with E-state index in [0.717, 1.165) is 47.8 Å². The van der Waals surface area contributed by atoms with Gasteiger partial charge in [-0.3, -0.25) is 9.78 Å². The van der Waals surface area contributed by atoms with Crippen molar-refractivity contribution in [3.05, 3.63) is 71.4 Å². The van der Waals surface area contributed by atoms with E-state index in [-0.39, 0.29) is 11.8 Å². The lowest BCUT2D eigenvalue weighted by molar-refractivity contribution is -0.117. The first-order valence-electron chi connectivity index (χ1n) is 9.90. The van der Waals surface area contributed by atoms with Crippen molar-refractivity contribution >= 4 is 34.1 Å². The van der Waals surface area contributed by atoms with E-state index in [4.69, 9.17) is 11.6 Å².